The van der Waals surface area contributed by atoms with Gasteiger partial charge in [0.05, 0.1) is 6.42 Å². The summed E-state index contributed by atoms with van der Waals surface area (Å²) in [6.45, 7) is 4.05. The average Bonchev–Trinajstić information content (AvgIpc) is 3.14. The quantitative estimate of drug-likeness (QED) is 0.759. The van der Waals surface area contributed by atoms with Crippen molar-refractivity contribution < 1.29 is 23.8 Å². The Morgan fingerprint density at radius 3 is 2.59 bits per heavy atom. The molecule has 1 aliphatic rings. The zero-order valence-electron chi connectivity index (χ0n) is 15.4. The van der Waals surface area contributed by atoms with Gasteiger partial charge < -0.3 is 19.5 Å². The summed E-state index contributed by atoms with van der Waals surface area (Å²) >= 11 is 0. The second-order valence-electron chi connectivity index (χ2n) is 6.55. The lowest BCUT2D eigenvalue weighted by molar-refractivity contribution is -0.155. The van der Waals surface area contributed by atoms with Crippen molar-refractivity contribution in [3.05, 3.63) is 59.7 Å². The van der Waals surface area contributed by atoms with E-state index < -0.39 is 12.1 Å². The van der Waals surface area contributed by atoms with Crippen LogP contribution in [0.2, 0.25) is 0 Å². The van der Waals surface area contributed by atoms with Crippen LogP contribution in [0.25, 0.3) is 0 Å². The molecule has 0 bridgehead atoms. The van der Waals surface area contributed by atoms with Crippen molar-refractivity contribution in [1.29, 1.82) is 0 Å². The first-order valence-corrected chi connectivity index (χ1v) is 8.93. The molecule has 142 valence electrons. The van der Waals surface area contributed by atoms with E-state index >= 15 is 0 Å². The number of nitrogens with one attached hydrogen (secondary N) is 1. The molecule has 1 amide bonds. The van der Waals surface area contributed by atoms with E-state index in [1.54, 1.807) is 13.0 Å². The molecule has 6 heteroatoms. The van der Waals surface area contributed by atoms with Crippen molar-refractivity contribution in [1.82, 2.24) is 5.32 Å². The summed E-state index contributed by atoms with van der Waals surface area (Å²) in [6, 6.07) is 15.2. The molecule has 3 rings (SSSR count). The van der Waals surface area contributed by atoms with Crippen LogP contribution >= 0.6 is 0 Å². The largest absolute Gasteiger partial charge is 0.454 e. The number of amides is 1. The Morgan fingerprint density at radius 1 is 1.07 bits per heavy atom. The number of ether oxygens (including phenoxy) is 3. The Balaban J connectivity index is 1.45. The fraction of sp³-hybridized carbons (Fsp3) is 0.333. The number of carbonyl (C=O) groups is 2. The molecule has 0 saturated heterocycles. The van der Waals surface area contributed by atoms with Crippen LogP contribution < -0.4 is 14.8 Å². The van der Waals surface area contributed by atoms with E-state index in [1.807, 2.05) is 49.4 Å². The summed E-state index contributed by atoms with van der Waals surface area (Å²) < 4.78 is 15.8. The van der Waals surface area contributed by atoms with Crippen LogP contribution in [0, 0.1) is 0 Å². The van der Waals surface area contributed by atoms with Gasteiger partial charge in [-0.3, -0.25) is 9.59 Å². The van der Waals surface area contributed by atoms with Crippen LogP contribution in [-0.4, -0.2) is 24.8 Å². The second kappa shape index (κ2) is 8.58. The van der Waals surface area contributed by atoms with Gasteiger partial charge in [0.25, 0.3) is 5.91 Å². The van der Waals surface area contributed by atoms with Crippen molar-refractivity contribution >= 4 is 11.9 Å². The van der Waals surface area contributed by atoms with Crippen LogP contribution in [0.4, 0.5) is 0 Å². The third-order valence-electron chi connectivity index (χ3n) is 4.42. The molecule has 1 heterocycles. The molecular formula is C21H23NO5. The van der Waals surface area contributed by atoms with Gasteiger partial charge in [0.2, 0.25) is 6.79 Å². The van der Waals surface area contributed by atoms with Gasteiger partial charge in [-0.15, -0.1) is 0 Å². The topological polar surface area (TPSA) is 73.9 Å². The summed E-state index contributed by atoms with van der Waals surface area (Å²) in [5.41, 5.74) is 1.94. The molecule has 2 aromatic carbocycles. The first-order chi connectivity index (χ1) is 13.0. The molecule has 0 aliphatic carbocycles. The predicted octanol–water partition coefficient (Wildman–Crippen LogP) is 3.16. The highest BCUT2D eigenvalue weighted by molar-refractivity contribution is 5.83. The number of fused-ring (bicyclic) bond motifs is 1. The van der Waals surface area contributed by atoms with E-state index in [9.17, 15) is 9.59 Å². The third-order valence-corrected chi connectivity index (χ3v) is 4.42. The number of carbonyl (C=O) groups excluding carboxylic acids is 2. The van der Waals surface area contributed by atoms with Crippen molar-refractivity contribution in [2.45, 2.75) is 38.8 Å². The Labute approximate surface area is 158 Å². The predicted molar refractivity (Wildman–Crippen MR) is 99.4 cm³/mol. The summed E-state index contributed by atoms with van der Waals surface area (Å²) in [5, 5.41) is 2.77. The zero-order chi connectivity index (χ0) is 19.2. The minimum Gasteiger partial charge on any atom is -0.454 e. The Kier molecular flexibility index (Phi) is 5.96. The second-order valence-corrected chi connectivity index (χ2v) is 6.55. The lowest BCUT2D eigenvalue weighted by atomic mass is 9.98. The van der Waals surface area contributed by atoms with Gasteiger partial charge in [-0.25, -0.2) is 0 Å². The highest BCUT2D eigenvalue weighted by Crippen LogP contribution is 2.32. The maximum Gasteiger partial charge on any atom is 0.307 e. The molecular weight excluding hydrogens is 346 g/mol. The van der Waals surface area contributed by atoms with E-state index in [2.05, 4.69) is 5.32 Å². The average molecular weight is 369 g/mol. The molecule has 0 saturated carbocycles. The first-order valence-electron chi connectivity index (χ1n) is 8.93. The van der Waals surface area contributed by atoms with E-state index in [0.29, 0.717) is 18.0 Å². The van der Waals surface area contributed by atoms with Gasteiger partial charge in [-0.05, 0) is 36.1 Å². The molecule has 1 aliphatic heterocycles. The minimum atomic E-state index is -0.852. The molecule has 6 nitrogen and oxygen atoms in total. The molecule has 2 atom stereocenters. The molecule has 0 spiro atoms. The van der Waals surface area contributed by atoms with Crippen LogP contribution in [0.3, 0.4) is 0 Å². The SMILES string of the molecule is C[C@H](OC(=O)C[C@@H](C)c1ccccc1)C(=O)NCc1ccc2c(c1)OCO2. The highest BCUT2D eigenvalue weighted by atomic mass is 16.7. The van der Waals surface area contributed by atoms with Crippen LogP contribution in [0.1, 0.15) is 37.3 Å². The maximum absolute atomic E-state index is 12.2. The Hall–Kier alpha value is -3.02. The fourth-order valence-electron chi connectivity index (χ4n) is 2.83. The number of hydrogen-bond acceptors (Lipinski definition) is 5. The van der Waals surface area contributed by atoms with E-state index in [1.165, 1.54) is 0 Å². The lowest BCUT2D eigenvalue weighted by Gasteiger charge is -2.16. The van der Waals surface area contributed by atoms with Crippen molar-refractivity contribution in [2.75, 3.05) is 6.79 Å². The molecule has 0 unspecified atom stereocenters. The normalized spacial score (nSPS) is 14.3. The van der Waals surface area contributed by atoms with Gasteiger partial charge in [-0.1, -0.05) is 43.3 Å². The first kappa shape index (κ1) is 18.8. The highest BCUT2D eigenvalue weighted by Gasteiger charge is 2.20. The standard InChI is InChI=1S/C21H23NO5/c1-14(17-6-4-3-5-7-17)10-20(23)27-15(2)21(24)22-12-16-8-9-18-19(11-16)26-13-25-18/h3-9,11,14-15H,10,12-13H2,1-2H3,(H,22,24)/t14-,15+/m1/s1. The minimum absolute atomic E-state index is 0.0302. The summed E-state index contributed by atoms with van der Waals surface area (Å²) in [7, 11) is 0. The van der Waals surface area contributed by atoms with E-state index in [4.69, 9.17) is 14.2 Å². The molecule has 0 fully saturated rings. The Bertz CT molecular complexity index is 805. The van der Waals surface area contributed by atoms with Crippen LogP contribution in [-0.2, 0) is 20.9 Å². The number of hydrogen-bond donors (Lipinski definition) is 1. The molecule has 1 N–H and O–H groups in total. The van der Waals surface area contributed by atoms with Crippen LogP contribution in [0.15, 0.2) is 48.5 Å². The maximum atomic E-state index is 12.2. The van der Waals surface area contributed by atoms with Gasteiger partial charge >= 0.3 is 5.97 Å². The summed E-state index contributed by atoms with van der Waals surface area (Å²) in [4.78, 5) is 24.3. The number of benzene rings is 2. The Morgan fingerprint density at radius 2 is 1.81 bits per heavy atom. The summed E-state index contributed by atoms with van der Waals surface area (Å²) in [5.74, 6) is 0.657. The van der Waals surface area contributed by atoms with Crippen molar-refractivity contribution in [3.63, 3.8) is 0 Å². The molecule has 27 heavy (non-hydrogen) atoms. The van der Waals surface area contributed by atoms with Crippen LogP contribution in [0.5, 0.6) is 11.5 Å². The molecule has 0 radical (unpaired) electrons. The third kappa shape index (κ3) is 5.00. The summed E-state index contributed by atoms with van der Waals surface area (Å²) in [6.07, 6.45) is -0.626. The molecule has 0 aromatic heterocycles. The van der Waals surface area contributed by atoms with Gasteiger partial charge in [0, 0.05) is 6.54 Å². The van der Waals surface area contributed by atoms with Crippen molar-refractivity contribution in [2.24, 2.45) is 0 Å². The number of esters is 1. The monoisotopic (exact) mass is 369 g/mol. The van der Waals surface area contributed by atoms with Gasteiger partial charge in [0.1, 0.15) is 0 Å². The lowest BCUT2D eigenvalue weighted by Crippen LogP contribution is -2.35. The van der Waals surface area contributed by atoms with Gasteiger partial charge in [0.15, 0.2) is 17.6 Å². The number of rotatable bonds is 7. The fourth-order valence-corrected chi connectivity index (χ4v) is 2.83. The zero-order valence-corrected chi connectivity index (χ0v) is 15.4. The van der Waals surface area contributed by atoms with E-state index in [0.717, 1.165) is 11.1 Å². The smallest absolute Gasteiger partial charge is 0.307 e. The van der Waals surface area contributed by atoms with Gasteiger partial charge in [-0.2, -0.15) is 0 Å². The van der Waals surface area contributed by atoms with Crippen molar-refractivity contribution in [3.8, 4) is 11.5 Å². The molecule has 2 aromatic rings. The van der Waals surface area contributed by atoms with E-state index in [-0.39, 0.29) is 25.0 Å².